The zero-order chi connectivity index (χ0) is 20.4. The van der Waals surface area contributed by atoms with Crippen molar-refractivity contribution in [1.82, 2.24) is 19.9 Å². The Kier molecular flexibility index (Phi) is 5.97. The summed E-state index contributed by atoms with van der Waals surface area (Å²) < 4.78 is 32.0. The van der Waals surface area contributed by atoms with Crippen molar-refractivity contribution in [2.75, 3.05) is 19.4 Å². The number of amides is 3. The van der Waals surface area contributed by atoms with Crippen molar-refractivity contribution >= 4 is 50.2 Å². The molecule has 0 aliphatic carbocycles. The van der Waals surface area contributed by atoms with Crippen LogP contribution in [0.25, 0.3) is 0 Å². The van der Waals surface area contributed by atoms with E-state index in [9.17, 15) is 22.8 Å². The Labute approximate surface area is 157 Å². The Morgan fingerprint density at radius 3 is 2.67 bits per heavy atom. The molecule has 1 aromatic rings. The number of nitrogens with zero attached hydrogens (tertiary/aromatic N) is 3. The van der Waals surface area contributed by atoms with Gasteiger partial charge in [-0.3, -0.25) is 18.9 Å². The molecule has 3 amide bonds. The lowest BCUT2D eigenvalue weighted by Crippen LogP contribution is -2.74. The van der Waals surface area contributed by atoms with Gasteiger partial charge in [0.1, 0.15) is 18.8 Å². The molecular formula is C12H16N6O7S2. The van der Waals surface area contributed by atoms with Crippen molar-refractivity contribution in [2.45, 2.75) is 19.0 Å². The van der Waals surface area contributed by atoms with Gasteiger partial charge in [0.2, 0.25) is 5.91 Å². The highest BCUT2D eigenvalue weighted by Gasteiger charge is 2.54. The first-order chi connectivity index (χ1) is 12.6. The summed E-state index contributed by atoms with van der Waals surface area (Å²) in [7, 11) is -3.67. The molecule has 5 N–H and O–H groups in total. The smallest absolute Gasteiger partial charge is 0.362 e. The van der Waals surface area contributed by atoms with Gasteiger partial charge in [-0.25, -0.2) is 9.29 Å². The molecule has 1 aliphatic heterocycles. The second-order valence-corrected chi connectivity index (χ2v) is 7.44. The zero-order valence-corrected chi connectivity index (χ0v) is 15.7. The van der Waals surface area contributed by atoms with E-state index in [1.165, 1.54) is 19.4 Å². The summed E-state index contributed by atoms with van der Waals surface area (Å²) in [5.74, 6) is -2.45. The summed E-state index contributed by atoms with van der Waals surface area (Å²) in [4.78, 5) is 44.1. The molecule has 1 aromatic heterocycles. The molecule has 1 aliphatic rings. The Morgan fingerprint density at radius 1 is 1.52 bits per heavy atom. The topological polar surface area (TPSA) is 193 Å². The van der Waals surface area contributed by atoms with Crippen LogP contribution in [-0.4, -0.2) is 71.4 Å². The number of anilines is 1. The molecule has 0 spiro atoms. The predicted octanol–water partition coefficient (Wildman–Crippen LogP) is -2.29. The van der Waals surface area contributed by atoms with Gasteiger partial charge in [0.25, 0.3) is 11.8 Å². The summed E-state index contributed by atoms with van der Waals surface area (Å²) in [6, 6.07) is -2.55. The molecule has 1 saturated heterocycles. The number of hydrogen-bond donors (Lipinski definition) is 4. The van der Waals surface area contributed by atoms with Gasteiger partial charge in [0, 0.05) is 18.8 Å². The lowest BCUT2D eigenvalue weighted by Gasteiger charge is -2.44. The lowest BCUT2D eigenvalue weighted by atomic mass is 9.98. The minimum absolute atomic E-state index is 0.0914. The van der Waals surface area contributed by atoms with Crippen LogP contribution in [0.15, 0.2) is 10.5 Å². The fraction of sp³-hybridized carbons (Fsp3) is 0.417. The number of carbonyl (C=O) groups excluding carboxylic acids is 3. The second-order valence-electron chi connectivity index (χ2n) is 5.26. The number of β-lactam (4-membered cyclic amide) rings is 1. The average molecular weight is 420 g/mol. The van der Waals surface area contributed by atoms with E-state index >= 15 is 0 Å². The maximum atomic E-state index is 12.5. The van der Waals surface area contributed by atoms with E-state index in [1.54, 1.807) is 0 Å². The molecule has 148 valence electrons. The molecule has 0 radical (unpaired) electrons. The summed E-state index contributed by atoms with van der Waals surface area (Å²) in [5, 5.41) is 9.76. The molecular weight excluding hydrogens is 404 g/mol. The number of aromatic nitrogens is 1. The molecule has 27 heavy (non-hydrogen) atoms. The van der Waals surface area contributed by atoms with Gasteiger partial charge in [-0.05, 0) is 0 Å². The fourth-order valence-electron chi connectivity index (χ4n) is 2.31. The van der Waals surface area contributed by atoms with E-state index in [1.807, 2.05) is 0 Å². The minimum atomic E-state index is -4.86. The van der Waals surface area contributed by atoms with Crippen LogP contribution < -0.4 is 16.4 Å². The van der Waals surface area contributed by atoms with Crippen LogP contribution in [0.3, 0.4) is 0 Å². The second kappa shape index (κ2) is 7.85. The number of oxime groups is 1. The molecule has 1 fully saturated rings. The third-order valence-electron chi connectivity index (χ3n) is 3.43. The summed E-state index contributed by atoms with van der Waals surface area (Å²) in [5.41, 5.74) is 5.32. The maximum Gasteiger partial charge on any atom is 0.362 e. The monoisotopic (exact) mass is 420 g/mol. The first kappa shape index (κ1) is 20.5. The van der Waals surface area contributed by atoms with E-state index in [0.717, 1.165) is 11.3 Å². The first-order valence-electron chi connectivity index (χ1n) is 7.24. The maximum absolute atomic E-state index is 12.5. The van der Waals surface area contributed by atoms with Crippen LogP contribution >= 0.6 is 11.3 Å². The fourth-order valence-corrected chi connectivity index (χ4v) is 3.74. The molecule has 0 aromatic carbocycles. The molecule has 2 atom stereocenters. The van der Waals surface area contributed by atoms with E-state index in [2.05, 4.69) is 25.6 Å². The summed E-state index contributed by atoms with van der Waals surface area (Å²) in [6.45, 7) is 0.869. The highest BCUT2D eigenvalue weighted by molar-refractivity contribution is 7.84. The van der Waals surface area contributed by atoms with Gasteiger partial charge in [-0.1, -0.05) is 5.16 Å². The highest BCUT2D eigenvalue weighted by atomic mass is 32.2. The Balaban J connectivity index is 2.22. The van der Waals surface area contributed by atoms with Crippen LogP contribution in [0.1, 0.15) is 12.6 Å². The van der Waals surface area contributed by atoms with Gasteiger partial charge in [-0.2, -0.15) is 8.42 Å². The van der Waals surface area contributed by atoms with Crippen LogP contribution in [0, 0.1) is 0 Å². The number of nitrogens with two attached hydrogens (primary N) is 1. The number of hydrogen-bond acceptors (Lipinski definition) is 10. The number of rotatable bonds is 7. The average Bonchev–Trinajstić information content (AvgIpc) is 2.98. The van der Waals surface area contributed by atoms with E-state index in [4.69, 9.17) is 10.3 Å². The number of nitrogens with one attached hydrogen (secondary N) is 2. The number of nitrogen functional groups attached to an aromatic ring is 1. The first-order valence-corrected chi connectivity index (χ1v) is 9.52. The van der Waals surface area contributed by atoms with Crippen LogP contribution in [0.2, 0.25) is 0 Å². The van der Waals surface area contributed by atoms with E-state index in [-0.39, 0.29) is 27.4 Å². The number of carbonyl (C=O) groups is 3. The van der Waals surface area contributed by atoms with Crippen LogP contribution in [-0.2, 0) is 29.5 Å². The zero-order valence-electron chi connectivity index (χ0n) is 14.1. The molecule has 13 nitrogen and oxygen atoms in total. The molecule has 0 saturated carbocycles. The lowest BCUT2D eigenvalue weighted by molar-refractivity contribution is -0.145. The standard InChI is InChI=1S/C12H16N6O7S2/c1-5(19)14-3-7-9(11(21)18(7)27(22,23)24)16-10(20)8(17-25-2)6-4-26-12(13)15-6/h4,7,9H,3H2,1-2H3,(H2,13,15)(H,14,19)(H,16,20)(H,22,23,24). The predicted molar refractivity (Wildman–Crippen MR) is 92.9 cm³/mol. The molecule has 15 heteroatoms. The Bertz CT molecular complexity index is 896. The van der Waals surface area contributed by atoms with Crippen molar-refractivity contribution in [3.8, 4) is 0 Å². The highest BCUT2D eigenvalue weighted by Crippen LogP contribution is 2.23. The van der Waals surface area contributed by atoms with Crippen molar-refractivity contribution in [3.05, 3.63) is 11.1 Å². The Hall–Kier alpha value is -2.78. The van der Waals surface area contributed by atoms with Gasteiger partial charge in [0.15, 0.2) is 10.8 Å². The van der Waals surface area contributed by atoms with Crippen molar-refractivity contribution < 1.29 is 32.2 Å². The van der Waals surface area contributed by atoms with Crippen molar-refractivity contribution in [3.63, 3.8) is 0 Å². The minimum Gasteiger partial charge on any atom is -0.398 e. The van der Waals surface area contributed by atoms with Gasteiger partial charge >= 0.3 is 10.3 Å². The van der Waals surface area contributed by atoms with Crippen molar-refractivity contribution in [2.24, 2.45) is 5.16 Å². The van der Waals surface area contributed by atoms with E-state index < -0.39 is 40.1 Å². The van der Waals surface area contributed by atoms with Crippen LogP contribution in [0.5, 0.6) is 0 Å². The van der Waals surface area contributed by atoms with E-state index in [0.29, 0.717) is 0 Å². The molecule has 2 heterocycles. The van der Waals surface area contributed by atoms with Crippen LogP contribution in [0.4, 0.5) is 5.13 Å². The SMILES string of the molecule is CON=C(C(=O)NC1C(=O)N(S(=O)(=O)O)C1CNC(C)=O)c1csc(N)n1. The molecule has 0 bridgehead atoms. The largest absolute Gasteiger partial charge is 0.398 e. The normalized spacial score (nSPS) is 20.0. The molecule has 2 unspecified atom stereocenters. The molecule has 2 rings (SSSR count). The number of thiazole rings is 1. The quantitative estimate of drug-likeness (QED) is 0.162. The Morgan fingerprint density at radius 2 is 2.19 bits per heavy atom. The summed E-state index contributed by atoms with van der Waals surface area (Å²) >= 11 is 1.05. The summed E-state index contributed by atoms with van der Waals surface area (Å²) in [6.07, 6.45) is 0. The van der Waals surface area contributed by atoms with Crippen molar-refractivity contribution in [1.29, 1.82) is 0 Å². The van der Waals surface area contributed by atoms with Gasteiger partial charge < -0.3 is 21.2 Å². The van der Waals surface area contributed by atoms with Gasteiger partial charge in [0.05, 0.1) is 6.04 Å². The third kappa shape index (κ3) is 4.50. The van der Waals surface area contributed by atoms with Gasteiger partial charge in [-0.15, -0.1) is 11.3 Å². The third-order valence-corrected chi connectivity index (χ3v) is 5.05.